The van der Waals surface area contributed by atoms with Crippen LogP contribution in [0.15, 0.2) is 36.4 Å². The van der Waals surface area contributed by atoms with E-state index in [9.17, 15) is 0 Å². The van der Waals surface area contributed by atoms with Crippen LogP contribution >= 0.6 is 0 Å². The van der Waals surface area contributed by atoms with Gasteiger partial charge >= 0.3 is 0 Å². The molecule has 0 radical (unpaired) electrons. The van der Waals surface area contributed by atoms with E-state index in [4.69, 9.17) is 4.74 Å². The van der Waals surface area contributed by atoms with E-state index in [1.807, 2.05) is 6.07 Å². The summed E-state index contributed by atoms with van der Waals surface area (Å²) in [6.07, 6.45) is 12.5. The lowest BCUT2D eigenvalue weighted by atomic mass is 10.1. The van der Waals surface area contributed by atoms with Crippen LogP contribution in [0.4, 0.5) is 0 Å². The van der Waals surface area contributed by atoms with Crippen molar-refractivity contribution in [1.29, 1.82) is 0 Å². The molecule has 20 heavy (non-hydrogen) atoms. The minimum absolute atomic E-state index is 0.696. The van der Waals surface area contributed by atoms with Crippen molar-refractivity contribution in [3.8, 4) is 0 Å². The highest BCUT2D eigenvalue weighted by atomic mass is 16.5. The first-order chi connectivity index (χ1) is 9.95. The summed E-state index contributed by atoms with van der Waals surface area (Å²) in [5, 5.41) is 3.62. The predicted molar refractivity (Wildman–Crippen MR) is 85.8 cm³/mol. The molecule has 1 aliphatic rings. The number of hydrogen-bond acceptors (Lipinski definition) is 2. The van der Waals surface area contributed by atoms with Crippen LogP contribution in [0.2, 0.25) is 0 Å². The van der Waals surface area contributed by atoms with Crippen LogP contribution in [0.5, 0.6) is 0 Å². The number of ether oxygens (including phenoxy) is 1. The Bertz CT molecular complexity index is 366. The van der Waals surface area contributed by atoms with E-state index in [-0.39, 0.29) is 0 Å². The smallest absolute Gasteiger partial charge is 0.0651 e. The van der Waals surface area contributed by atoms with E-state index < -0.39 is 0 Å². The molecule has 1 aliphatic carbocycles. The lowest BCUT2D eigenvalue weighted by Gasteiger charge is -2.15. The van der Waals surface area contributed by atoms with Gasteiger partial charge in [-0.25, -0.2) is 0 Å². The third kappa shape index (κ3) is 6.36. The molecule has 0 atom stereocenters. The standard InChI is InChI=1S/C18H27NO/c1-2-7-13-18(12-6-1)19-14-16-20-15-8-11-17-9-4-3-5-10-17/h3-5,8-11,18-19H,1-2,6-7,12-16H2. The van der Waals surface area contributed by atoms with Crippen molar-refractivity contribution in [3.63, 3.8) is 0 Å². The highest BCUT2D eigenvalue weighted by Gasteiger charge is 2.10. The molecular weight excluding hydrogens is 246 g/mol. The summed E-state index contributed by atoms with van der Waals surface area (Å²) < 4.78 is 5.63. The van der Waals surface area contributed by atoms with Gasteiger partial charge in [-0.3, -0.25) is 0 Å². The molecule has 0 amide bonds. The molecule has 110 valence electrons. The molecule has 1 saturated carbocycles. The van der Waals surface area contributed by atoms with Crippen LogP contribution in [-0.2, 0) is 4.74 Å². The quantitative estimate of drug-likeness (QED) is 0.598. The van der Waals surface area contributed by atoms with Gasteiger partial charge in [-0.15, -0.1) is 0 Å². The number of benzene rings is 1. The van der Waals surface area contributed by atoms with Crippen LogP contribution in [0.1, 0.15) is 44.1 Å². The minimum atomic E-state index is 0.696. The van der Waals surface area contributed by atoms with Crippen molar-refractivity contribution in [1.82, 2.24) is 5.32 Å². The van der Waals surface area contributed by atoms with E-state index in [0.717, 1.165) is 19.2 Å². The molecule has 2 nitrogen and oxygen atoms in total. The summed E-state index contributed by atoms with van der Waals surface area (Å²) in [6, 6.07) is 11.1. The van der Waals surface area contributed by atoms with Gasteiger partial charge in [-0.2, -0.15) is 0 Å². The van der Waals surface area contributed by atoms with E-state index in [1.165, 1.54) is 44.1 Å². The maximum Gasteiger partial charge on any atom is 0.0651 e. The fraction of sp³-hybridized carbons (Fsp3) is 0.556. The Labute approximate surface area is 123 Å². The molecule has 0 bridgehead atoms. The molecule has 1 aromatic carbocycles. The zero-order valence-corrected chi connectivity index (χ0v) is 12.4. The van der Waals surface area contributed by atoms with Crippen molar-refractivity contribution >= 4 is 6.08 Å². The van der Waals surface area contributed by atoms with Gasteiger partial charge in [-0.1, -0.05) is 68.2 Å². The van der Waals surface area contributed by atoms with Gasteiger partial charge in [0.2, 0.25) is 0 Å². The summed E-state index contributed by atoms with van der Waals surface area (Å²) in [6.45, 7) is 2.47. The fourth-order valence-corrected chi connectivity index (χ4v) is 2.72. The van der Waals surface area contributed by atoms with Crippen molar-refractivity contribution in [2.24, 2.45) is 0 Å². The topological polar surface area (TPSA) is 21.3 Å². The third-order valence-electron chi connectivity index (χ3n) is 3.86. The maximum absolute atomic E-state index is 5.63. The first-order valence-corrected chi connectivity index (χ1v) is 7.98. The van der Waals surface area contributed by atoms with Crippen LogP contribution in [-0.4, -0.2) is 25.8 Å². The normalized spacial score (nSPS) is 17.4. The fourth-order valence-electron chi connectivity index (χ4n) is 2.72. The van der Waals surface area contributed by atoms with Gasteiger partial charge in [0.25, 0.3) is 0 Å². The molecule has 1 N–H and O–H groups in total. The molecule has 0 aromatic heterocycles. The molecule has 0 unspecified atom stereocenters. The Kier molecular flexibility index (Phi) is 7.43. The van der Waals surface area contributed by atoms with Crippen LogP contribution in [0.25, 0.3) is 6.08 Å². The Balaban J connectivity index is 1.50. The second-order valence-electron chi connectivity index (χ2n) is 5.53. The van der Waals surface area contributed by atoms with E-state index in [2.05, 4.69) is 41.7 Å². The first-order valence-electron chi connectivity index (χ1n) is 7.98. The van der Waals surface area contributed by atoms with E-state index >= 15 is 0 Å². The zero-order chi connectivity index (χ0) is 13.9. The van der Waals surface area contributed by atoms with Gasteiger partial charge in [0.05, 0.1) is 13.2 Å². The molecule has 0 aliphatic heterocycles. The molecule has 2 rings (SSSR count). The third-order valence-corrected chi connectivity index (χ3v) is 3.86. The summed E-state index contributed by atoms with van der Waals surface area (Å²) in [5.41, 5.74) is 1.23. The Hall–Kier alpha value is -1.12. The van der Waals surface area contributed by atoms with E-state index in [1.54, 1.807) is 0 Å². The summed E-state index contributed by atoms with van der Waals surface area (Å²) >= 11 is 0. The van der Waals surface area contributed by atoms with Crippen LogP contribution < -0.4 is 5.32 Å². The average molecular weight is 273 g/mol. The Morgan fingerprint density at radius 2 is 1.80 bits per heavy atom. The van der Waals surface area contributed by atoms with Gasteiger partial charge in [0, 0.05) is 12.6 Å². The van der Waals surface area contributed by atoms with Gasteiger partial charge < -0.3 is 10.1 Å². The monoisotopic (exact) mass is 273 g/mol. The number of hydrogen-bond donors (Lipinski definition) is 1. The highest BCUT2D eigenvalue weighted by Crippen LogP contribution is 2.16. The van der Waals surface area contributed by atoms with E-state index in [0.29, 0.717) is 6.61 Å². The molecular formula is C18H27NO. The van der Waals surface area contributed by atoms with Crippen molar-refractivity contribution in [3.05, 3.63) is 42.0 Å². The minimum Gasteiger partial charge on any atom is -0.376 e. The molecule has 1 aromatic rings. The summed E-state index contributed by atoms with van der Waals surface area (Å²) in [4.78, 5) is 0. The first kappa shape index (κ1) is 15.3. The number of rotatable bonds is 7. The van der Waals surface area contributed by atoms with Crippen LogP contribution in [0, 0.1) is 0 Å². The molecule has 0 spiro atoms. The SMILES string of the molecule is C(=Cc1ccccc1)COCCNC1CCCCCC1. The Morgan fingerprint density at radius 3 is 2.55 bits per heavy atom. The number of nitrogens with one attached hydrogen (secondary N) is 1. The molecule has 0 heterocycles. The molecule has 0 saturated heterocycles. The van der Waals surface area contributed by atoms with Crippen molar-refractivity contribution in [2.75, 3.05) is 19.8 Å². The lowest BCUT2D eigenvalue weighted by Crippen LogP contribution is -2.31. The second-order valence-corrected chi connectivity index (χ2v) is 5.53. The van der Waals surface area contributed by atoms with Gasteiger partial charge in [0.1, 0.15) is 0 Å². The maximum atomic E-state index is 5.63. The summed E-state index contributed by atoms with van der Waals surface area (Å²) in [7, 11) is 0. The molecule has 1 fully saturated rings. The van der Waals surface area contributed by atoms with Gasteiger partial charge in [-0.05, 0) is 18.4 Å². The van der Waals surface area contributed by atoms with Gasteiger partial charge in [0.15, 0.2) is 0 Å². The van der Waals surface area contributed by atoms with Crippen molar-refractivity contribution < 1.29 is 4.74 Å². The predicted octanol–water partition coefficient (Wildman–Crippen LogP) is 4.03. The van der Waals surface area contributed by atoms with Crippen LogP contribution in [0.3, 0.4) is 0 Å². The second kappa shape index (κ2) is 9.73. The van der Waals surface area contributed by atoms with Crippen molar-refractivity contribution in [2.45, 2.75) is 44.6 Å². The largest absolute Gasteiger partial charge is 0.376 e. The average Bonchev–Trinajstić information content (AvgIpc) is 2.76. The molecule has 2 heteroatoms. The lowest BCUT2D eigenvalue weighted by molar-refractivity contribution is 0.160. The highest BCUT2D eigenvalue weighted by molar-refractivity contribution is 5.48. The summed E-state index contributed by atoms with van der Waals surface area (Å²) in [5.74, 6) is 0. The Morgan fingerprint density at radius 1 is 1.05 bits per heavy atom. The zero-order valence-electron chi connectivity index (χ0n) is 12.4.